The molecule has 3 nitrogen and oxygen atoms in total. The predicted molar refractivity (Wildman–Crippen MR) is 57.6 cm³/mol. The fourth-order valence-corrected chi connectivity index (χ4v) is 1.94. The van der Waals surface area contributed by atoms with Crippen LogP contribution in [0.3, 0.4) is 0 Å². The highest BCUT2D eigenvalue weighted by atomic mass is 79.9. The molecule has 0 unspecified atom stereocenters. The Hall–Kier alpha value is -1.29. The highest BCUT2D eigenvalue weighted by Crippen LogP contribution is 2.22. The number of esters is 1. The summed E-state index contributed by atoms with van der Waals surface area (Å²) in [6.07, 6.45) is 0. The summed E-state index contributed by atoms with van der Waals surface area (Å²) in [6.45, 7) is 0. The summed E-state index contributed by atoms with van der Waals surface area (Å²) in [4.78, 5) is 11.3. The van der Waals surface area contributed by atoms with Gasteiger partial charge in [-0.2, -0.15) is 0 Å². The summed E-state index contributed by atoms with van der Waals surface area (Å²) >= 11 is 3.31. The summed E-state index contributed by atoms with van der Waals surface area (Å²) < 4.78 is 6.30. The van der Waals surface area contributed by atoms with Crippen molar-refractivity contribution in [2.45, 2.75) is 0 Å². The smallest absolute Gasteiger partial charge is 0.355 e. The van der Waals surface area contributed by atoms with E-state index in [0.29, 0.717) is 5.69 Å². The lowest BCUT2D eigenvalue weighted by Crippen LogP contribution is -2.03. The van der Waals surface area contributed by atoms with E-state index in [9.17, 15) is 4.79 Å². The van der Waals surface area contributed by atoms with E-state index >= 15 is 0 Å². The van der Waals surface area contributed by atoms with Crippen molar-refractivity contribution in [2.24, 2.45) is 0 Å². The first-order chi connectivity index (χ1) is 6.74. The first-order valence-corrected chi connectivity index (χ1v) is 4.80. The monoisotopic (exact) mass is 253 g/mol. The minimum atomic E-state index is -0.349. The van der Waals surface area contributed by atoms with Crippen molar-refractivity contribution < 1.29 is 9.53 Å². The van der Waals surface area contributed by atoms with Gasteiger partial charge in [-0.1, -0.05) is 18.2 Å². The summed E-state index contributed by atoms with van der Waals surface area (Å²) in [5.74, 6) is -0.349. The average molecular weight is 254 g/mol. The van der Waals surface area contributed by atoms with E-state index in [2.05, 4.69) is 20.9 Å². The first kappa shape index (κ1) is 9.27. The lowest BCUT2D eigenvalue weighted by molar-refractivity contribution is 0.0594. The van der Waals surface area contributed by atoms with Crippen LogP contribution in [0.25, 0.3) is 10.9 Å². The van der Waals surface area contributed by atoms with E-state index in [4.69, 9.17) is 0 Å². The van der Waals surface area contributed by atoms with E-state index in [-0.39, 0.29) is 5.97 Å². The molecule has 14 heavy (non-hydrogen) atoms. The second-order valence-electron chi connectivity index (χ2n) is 2.86. The summed E-state index contributed by atoms with van der Waals surface area (Å²) in [5, 5.41) is 1.00. The van der Waals surface area contributed by atoms with E-state index in [0.717, 1.165) is 10.9 Å². The second-order valence-corrected chi connectivity index (χ2v) is 3.57. The lowest BCUT2D eigenvalue weighted by atomic mass is 10.2. The minimum Gasteiger partial charge on any atom is -0.464 e. The average Bonchev–Trinajstić information content (AvgIpc) is 2.56. The van der Waals surface area contributed by atoms with Crippen LogP contribution in [0.5, 0.6) is 0 Å². The highest BCUT2D eigenvalue weighted by Gasteiger charge is 2.13. The summed E-state index contributed by atoms with van der Waals surface area (Å²) in [7, 11) is 1.37. The number of hydrogen-bond acceptors (Lipinski definition) is 2. The number of aromatic nitrogens is 1. The Labute approximate surface area is 89.6 Å². The van der Waals surface area contributed by atoms with Crippen molar-refractivity contribution in [1.82, 2.24) is 3.59 Å². The quantitative estimate of drug-likeness (QED) is 0.732. The van der Waals surface area contributed by atoms with Gasteiger partial charge in [0.15, 0.2) is 0 Å². The van der Waals surface area contributed by atoms with Crippen LogP contribution in [0, 0.1) is 0 Å². The Balaban J connectivity index is 2.68. The van der Waals surface area contributed by atoms with Gasteiger partial charge in [0.05, 0.1) is 28.8 Å². The Bertz CT molecular complexity index is 490. The molecule has 0 amide bonds. The summed E-state index contributed by atoms with van der Waals surface area (Å²) in [5.41, 5.74) is 1.45. The standard InChI is InChI=1S/C10H8BrNO2/c1-14-10(13)9-6-7-4-2-3-5-8(7)12(9)11/h2-6H,1H3. The number of hydrogen-bond donors (Lipinski definition) is 0. The molecule has 2 rings (SSSR count). The van der Waals surface area contributed by atoms with E-state index < -0.39 is 0 Å². The number of carbonyl (C=O) groups excluding carboxylic acids is 1. The van der Waals surface area contributed by atoms with Crippen molar-refractivity contribution in [1.29, 1.82) is 0 Å². The predicted octanol–water partition coefficient (Wildman–Crippen LogP) is 2.59. The molecule has 0 spiro atoms. The van der Waals surface area contributed by atoms with Crippen LogP contribution in [-0.2, 0) is 4.74 Å². The van der Waals surface area contributed by atoms with Crippen molar-refractivity contribution in [2.75, 3.05) is 7.11 Å². The van der Waals surface area contributed by atoms with Crippen LogP contribution in [0.4, 0.5) is 0 Å². The van der Waals surface area contributed by atoms with Gasteiger partial charge in [-0.15, -0.1) is 0 Å². The molecule has 0 aliphatic rings. The van der Waals surface area contributed by atoms with Gasteiger partial charge in [0.1, 0.15) is 5.69 Å². The molecular weight excluding hydrogens is 246 g/mol. The Kier molecular flexibility index (Phi) is 2.29. The van der Waals surface area contributed by atoms with Gasteiger partial charge in [-0.05, 0) is 12.1 Å². The maximum atomic E-state index is 11.3. The van der Waals surface area contributed by atoms with Crippen LogP contribution in [0.2, 0.25) is 0 Å². The molecule has 4 heteroatoms. The SMILES string of the molecule is COC(=O)c1cc2ccccc2n1Br. The van der Waals surface area contributed by atoms with Crippen molar-refractivity contribution in [3.63, 3.8) is 0 Å². The molecule has 0 atom stereocenters. The third kappa shape index (κ3) is 1.32. The van der Waals surface area contributed by atoms with Crippen molar-refractivity contribution in [3.05, 3.63) is 36.0 Å². The molecule has 1 aromatic carbocycles. The molecule has 1 aromatic heterocycles. The lowest BCUT2D eigenvalue weighted by Gasteiger charge is -1.98. The zero-order valence-corrected chi connectivity index (χ0v) is 9.11. The highest BCUT2D eigenvalue weighted by molar-refractivity contribution is 9.08. The van der Waals surface area contributed by atoms with Crippen molar-refractivity contribution in [3.8, 4) is 0 Å². The van der Waals surface area contributed by atoms with Gasteiger partial charge in [-0.25, -0.2) is 4.79 Å². The number of rotatable bonds is 1. The minimum absolute atomic E-state index is 0.349. The zero-order valence-electron chi connectivity index (χ0n) is 7.53. The number of ether oxygens (including phenoxy) is 1. The van der Waals surface area contributed by atoms with Crippen molar-refractivity contribution >= 4 is 33.0 Å². The van der Waals surface area contributed by atoms with Crippen LogP contribution in [0.1, 0.15) is 10.5 Å². The Morgan fingerprint density at radius 2 is 2.14 bits per heavy atom. The third-order valence-electron chi connectivity index (χ3n) is 2.05. The number of halogens is 1. The fourth-order valence-electron chi connectivity index (χ4n) is 1.37. The Morgan fingerprint density at radius 3 is 2.79 bits per heavy atom. The molecule has 0 N–H and O–H groups in total. The van der Waals surface area contributed by atoms with Crippen LogP contribution in [-0.4, -0.2) is 16.7 Å². The molecule has 1 heterocycles. The van der Waals surface area contributed by atoms with Crippen LogP contribution >= 0.6 is 16.1 Å². The molecule has 0 radical (unpaired) electrons. The molecule has 72 valence electrons. The van der Waals surface area contributed by atoms with E-state index in [1.807, 2.05) is 24.3 Å². The molecule has 0 bridgehead atoms. The molecule has 0 aliphatic carbocycles. The zero-order chi connectivity index (χ0) is 10.1. The Morgan fingerprint density at radius 1 is 1.43 bits per heavy atom. The number of benzene rings is 1. The van der Waals surface area contributed by atoms with Gasteiger partial charge >= 0.3 is 5.97 Å². The summed E-state index contributed by atoms with van der Waals surface area (Å²) in [6, 6.07) is 9.50. The van der Waals surface area contributed by atoms with Gasteiger partial charge < -0.3 is 4.74 Å². The largest absolute Gasteiger partial charge is 0.464 e. The molecule has 0 aliphatic heterocycles. The first-order valence-electron chi connectivity index (χ1n) is 4.09. The number of carbonyl (C=O) groups is 1. The maximum Gasteiger partial charge on any atom is 0.355 e. The van der Waals surface area contributed by atoms with Gasteiger partial charge in [-0.3, -0.25) is 3.59 Å². The van der Waals surface area contributed by atoms with Gasteiger partial charge in [0.25, 0.3) is 0 Å². The number of fused-ring (bicyclic) bond motifs is 1. The number of para-hydroxylation sites is 1. The van der Waals surface area contributed by atoms with Gasteiger partial charge in [0, 0.05) is 5.39 Å². The molecular formula is C10H8BrNO2. The number of methoxy groups -OCH3 is 1. The topological polar surface area (TPSA) is 31.2 Å². The molecule has 2 aromatic rings. The third-order valence-corrected chi connectivity index (χ3v) is 2.81. The molecule has 0 saturated carbocycles. The second kappa shape index (κ2) is 3.46. The van der Waals surface area contributed by atoms with E-state index in [1.165, 1.54) is 7.11 Å². The fraction of sp³-hybridized carbons (Fsp3) is 0.100. The molecule has 0 fully saturated rings. The van der Waals surface area contributed by atoms with Gasteiger partial charge in [0.2, 0.25) is 0 Å². The van der Waals surface area contributed by atoms with E-state index in [1.54, 1.807) is 9.66 Å². The number of nitrogens with zero attached hydrogens (tertiary/aromatic N) is 1. The molecule has 0 saturated heterocycles. The normalized spacial score (nSPS) is 10.4. The maximum absolute atomic E-state index is 11.3. The van der Waals surface area contributed by atoms with Crippen LogP contribution < -0.4 is 0 Å². The van der Waals surface area contributed by atoms with Crippen LogP contribution in [0.15, 0.2) is 30.3 Å².